The van der Waals surface area contributed by atoms with Crippen LogP contribution in [0.15, 0.2) is 30.3 Å². The maximum absolute atomic E-state index is 11.5. The minimum absolute atomic E-state index is 0.0960. The molecular weight excluding hydrogens is 214 g/mol. The average molecular weight is 227 g/mol. The molecule has 0 aliphatic carbocycles. The van der Waals surface area contributed by atoms with Crippen molar-refractivity contribution < 1.29 is 13.2 Å². The molecule has 0 bridgehead atoms. The van der Waals surface area contributed by atoms with E-state index in [2.05, 4.69) is 5.32 Å². The van der Waals surface area contributed by atoms with Crippen LogP contribution in [0.5, 0.6) is 0 Å². The van der Waals surface area contributed by atoms with E-state index in [9.17, 15) is 13.2 Å². The molecular formula is C10H13NO3S. The molecule has 0 atom stereocenters. The largest absolute Gasteiger partial charge is 0.358 e. The Hall–Kier alpha value is -1.36. The molecule has 0 radical (unpaired) electrons. The van der Waals surface area contributed by atoms with Crippen LogP contribution in [0.25, 0.3) is 0 Å². The molecule has 0 saturated carbocycles. The molecule has 0 aromatic heterocycles. The fraction of sp³-hybridized carbons (Fsp3) is 0.300. The van der Waals surface area contributed by atoms with Gasteiger partial charge in [-0.15, -0.1) is 0 Å². The van der Waals surface area contributed by atoms with Crippen LogP contribution in [-0.4, -0.2) is 27.1 Å². The molecule has 1 aromatic rings. The molecule has 0 heterocycles. The molecule has 0 aliphatic rings. The highest BCUT2D eigenvalue weighted by molar-refractivity contribution is 7.91. The zero-order valence-corrected chi connectivity index (χ0v) is 9.25. The molecule has 15 heavy (non-hydrogen) atoms. The summed E-state index contributed by atoms with van der Waals surface area (Å²) < 4.78 is 23.0. The second kappa shape index (κ2) is 4.93. The number of amides is 1. The lowest BCUT2D eigenvalue weighted by Gasteiger charge is -2.03. The van der Waals surface area contributed by atoms with Gasteiger partial charge >= 0.3 is 0 Å². The number of rotatable bonds is 4. The summed E-state index contributed by atoms with van der Waals surface area (Å²) in [6.45, 7) is 0. The van der Waals surface area contributed by atoms with Crippen molar-refractivity contribution in [2.45, 2.75) is 5.75 Å². The van der Waals surface area contributed by atoms with Crippen molar-refractivity contribution in [1.82, 2.24) is 5.32 Å². The average Bonchev–Trinajstić information content (AvgIpc) is 2.17. The standard InChI is InChI=1S/C10H13NO3S/c1-11-10(12)8-15(13,14)7-9-5-3-2-4-6-9/h2-6H,7-8H2,1H3,(H,11,12). The van der Waals surface area contributed by atoms with Crippen LogP contribution in [0.1, 0.15) is 5.56 Å². The van der Waals surface area contributed by atoms with E-state index in [-0.39, 0.29) is 5.75 Å². The highest BCUT2D eigenvalue weighted by Gasteiger charge is 2.15. The molecule has 5 heteroatoms. The number of hydrogen-bond acceptors (Lipinski definition) is 3. The van der Waals surface area contributed by atoms with E-state index in [1.807, 2.05) is 6.07 Å². The Morgan fingerprint density at radius 2 is 1.87 bits per heavy atom. The Morgan fingerprint density at radius 3 is 2.40 bits per heavy atom. The van der Waals surface area contributed by atoms with Crippen LogP contribution in [0.2, 0.25) is 0 Å². The first-order valence-corrected chi connectivity index (χ1v) is 6.30. The van der Waals surface area contributed by atoms with Crippen LogP contribution in [0.3, 0.4) is 0 Å². The van der Waals surface area contributed by atoms with Gasteiger partial charge in [-0.3, -0.25) is 4.79 Å². The van der Waals surface area contributed by atoms with Crippen molar-refractivity contribution in [3.05, 3.63) is 35.9 Å². The van der Waals surface area contributed by atoms with Crippen LogP contribution in [0.4, 0.5) is 0 Å². The van der Waals surface area contributed by atoms with Crippen molar-refractivity contribution in [2.24, 2.45) is 0 Å². The van der Waals surface area contributed by atoms with E-state index < -0.39 is 21.5 Å². The van der Waals surface area contributed by atoms with Gasteiger partial charge in [-0.05, 0) is 5.56 Å². The number of nitrogens with one attached hydrogen (secondary N) is 1. The third-order valence-corrected chi connectivity index (χ3v) is 3.33. The van der Waals surface area contributed by atoms with E-state index in [4.69, 9.17) is 0 Å². The SMILES string of the molecule is CNC(=O)CS(=O)(=O)Cc1ccccc1. The number of carbonyl (C=O) groups is 1. The Kier molecular flexibility index (Phi) is 3.85. The Balaban J connectivity index is 2.69. The van der Waals surface area contributed by atoms with Crippen molar-refractivity contribution in [1.29, 1.82) is 0 Å². The Labute approximate surface area is 89.2 Å². The molecule has 0 unspecified atom stereocenters. The van der Waals surface area contributed by atoms with Gasteiger partial charge in [0.25, 0.3) is 0 Å². The highest BCUT2D eigenvalue weighted by atomic mass is 32.2. The van der Waals surface area contributed by atoms with E-state index in [1.54, 1.807) is 24.3 Å². The summed E-state index contributed by atoms with van der Waals surface area (Å²) in [5.74, 6) is -1.04. The monoisotopic (exact) mass is 227 g/mol. The summed E-state index contributed by atoms with van der Waals surface area (Å²) in [5, 5.41) is 2.29. The van der Waals surface area contributed by atoms with Crippen LogP contribution in [0, 0.1) is 0 Å². The van der Waals surface area contributed by atoms with E-state index in [0.717, 1.165) is 0 Å². The molecule has 82 valence electrons. The molecule has 0 spiro atoms. The Morgan fingerprint density at radius 1 is 1.27 bits per heavy atom. The molecule has 1 rings (SSSR count). The van der Waals surface area contributed by atoms with Crippen molar-refractivity contribution >= 4 is 15.7 Å². The van der Waals surface area contributed by atoms with Gasteiger partial charge in [0.15, 0.2) is 9.84 Å². The van der Waals surface area contributed by atoms with E-state index in [0.29, 0.717) is 5.56 Å². The maximum atomic E-state index is 11.5. The summed E-state index contributed by atoms with van der Waals surface area (Å²) in [5.41, 5.74) is 0.696. The molecule has 0 saturated heterocycles. The summed E-state index contributed by atoms with van der Waals surface area (Å²) >= 11 is 0. The molecule has 0 fully saturated rings. The summed E-state index contributed by atoms with van der Waals surface area (Å²) in [7, 11) is -1.94. The Bertz CT molecular complexity index is 425. The van der Waals surface area contributed by atoms with Gasteiger partial charge in [0, 0.05) is 7.05 Å². The first-order chi connectivity index (χ1) is 7.03. The normalized spacial score (nSPS) is 11.0. The first-order valence-electron chi connectivity index (χ1n) is 4.48. The molecule has 4 nitrogen and oxygen atoms in total. The fourth-order valence-electron chi connectivity index (χ4n) is 1.15. The van der Waals surface area contributed by atoms with Crippen molar-refractivity contribution in [2.75, 3.05) is 12.8 Å². The molecule has 1 N–H and O–H groups in total. The molecule has 1 aromatic carbocycles. The zero-order chi connectivity index (χ0) is 11.3. The summed E-state index contributed by atoms with van der Waals surface area (Å²) in [6.07, 6.45) is 0. The highest BCUT2D eigenvalue weighted by Crippen LogP contribution is 2.05. The molecule has 0 aliphatic heterocycles. The van der Waals surface area contributed by atoms with Crippen LogP contribution < -0.4 is 5.32 Å². The number of benzene rings is 1. The minimum Gasteiger partial charge on any atom is -0.358 e. The third kappa shape index (κ3) is 4.12. The summed E-state index contributed by atoms with van der Waals surface area (Å²) in [4.78, 5) is 10.9. The van der Waals surface area contributed by atoms with Crippen molar-refractivity contribution in [3.8, 4) is 0 Å². The van der Waals surface area contributed by atoms with Gasteiger partial charge in [0.2, 0.25) is 5.91 Å². The van der Waals surface area contributed by atoms with Gasteiger partial charge in [-0.2, -0.15) is 0 Å². The number of carbonyl (C=O) groups excluding carboxylic acids is 1. The molecule has 1 amide bonds. The lowest BCUT2D eigenvalue weighted by atomic mass is 10.2. The summed E-state index contributed by atoms with van der Waals surface area (Å²) in [6, 6.07) is 8.80. The predicted molar refractivity (Wildman–Crippen MR) is 58.0 cm³/mol. The topological polar surface area (TPSA) is 63.2 Å². The van der Waals surface area contributed by atoms with Gasteiger partial charge in [0.1, 0.15) is 5.75 Å². The van der Waals surface area contributed by atoms with Gasteiger partial charge in [-0.1, -0.05) is 30.3 Å². The fourth-order valence-corrected chi connectivity index (χ4v) is 2.50. The van der Waals surface area contributed by atoms with Crippen molar-refractivity contribution in [3.63, 3.8) is 0 Å². The zero-order valence-electron chi connectivity index (χ0n) is 8.43. The van der Waals surface area contributed by atoms with Gasteiger partial charge in [0.05, 0.1) is 5.75 Å². The predicted octanol–water partition coefficient (Wildman–Crippen LogP) is 0.347. The third-order valence-electron chi connectivity index (χ3n) is 1.86. The van der Waals surface area contributed by atoms with Gasteiger partial charge < -0.3 is 5.32 Å². The van der Waals surface area contributed by atoms with Crippen LogP contribution in [-0.2, 0) is 20.4 Å². The van der Waals surface area contributed by atoms with Gasteiger partial charge in [-0.25, -0.2) is 8.42 Å². The van der Waals surface area contributed by atoms with E-state index >= 15 is 0 Å². The second-order valence-electron chi connectivity index (χ2n) is 3.19. The maximum Gasteiger partial charge on any atom is 0.234 e. The van der Waals surface area contributed by atoms with Crippen LogP contribution >= 0.6 is 0 Å². The lowest BCUT2D eigenvalue weighted by Crippen LogP contribution is -2.27. The van der Waals surface area contributed by atoms with E-state index in [1.165, 1.54) is 7.05 Å². The smallest absolute Gasteiger partial charge is 0.234 e. The lowest BCUT2D eigenvalue weighted by molar-refractivity contribution is -0.118. The minimum atomic E-state index is -3.36. The number of hydrogen-bond donors (Lipinski definition) is 1. The number of sulfone groups is 1. The second-order valence-corrected chi connectivity index (χ2v) is 5.26. The quantitative estimate of drug-likeness (QED) is 0.807. The first kappa shape index (κ1) is 11.7.